The fourth-order valence-electron chi connectivity index (χ4n) is 5.52. The summed E-state index contributed by atoms with van der Waals surface area (Å²) in [6, 6.07) is 11.4. The lowest BCUT2D eigenvalue weighted by Crippen LogP contribution is -2.36. The zero-order valence-electron chi connectivity index (χ0n) is 24.1. The summed E-state index contributed by atoms with van der Waals surface area (Å²) >= 11 is 1.57. The number of aromatic hydroxyl groups is 1. The van der Waals surface area contributed by atoms with Gasteiger partial charge in [-0.1, -0.05) is 13.8 Å². The van der Waals surface area contributed by atoms with Gasteiger partial charge in [-0.2, -0.15) is 0 Å². The summed E-state index contributed by atoms with van der Waals surface area (Å²) in [6.07, 6.45) is 5.88. The molecule has 2 fully saturated rings. The molecule has 3 aromatic heterocycles. The predicted octanol–water partition coefficient (Wildman–Crippen LogP) is 3.95. The van der Waals surface area contributed by atoms with Gasteiger partial charge >= 0.3 is 0 Å². The normalized spacial score (nSPS) is 20.1. The minimum absolute atomic E-state index is 0.186. The van der Waals surface area contributed by atoms with E-state index in [9.17, 15) is 10.2 Å². The number of ether oxygens (including phenoxy) is 1. The van der Waals surface area contributed by atoms with Gasteiger partial charge in [0.2, 0.25) is 5.82 Å². The number of aliphatic hydroxyl groups is 1. The number of rotatable bonds is 9. The molecule has 0 spiro atoms. The predicted molar refractivity (Wildman–Crippen MR) is 161 cm³/mol. The smallest absolute Gasteiger partial charge is 0.216 e. The molecular formula is C30H38N8O3S. The van der Waals surface area contributed by atoms with Crippen LogP contribution in [0.1, 0.15) is 55.8 Å². The minimum Gasteiger partial charge on any atom is -0.508 e. The average molecular weight is 591 g/mol. The van der Waals surface area contributed by atoms with Crippen molar-refractivity contribution in [2.24, 2.45) is 0 Å². The number of hydrogen-bond donors (Lipinski definition) is 3. The minimum atomic E-state index is -0.271. The van der Waals surface area contributed by atoms with Crippen LogP contribution in [-0.4, -0.2) is 83.7 Å². The van der Waals surface area contributed by atoms with Crippen LogP contribution in [0, 0.1) is 0 Å². The molecule has 12 heteroatoms. The Morgan fingerprint density at radius 1 is 1.07 bits per heavy atom. The number of thiazole rings is 1. The van der Waals surface area contributed by atoms with Crippen LogP contribution >= 0.6 is 11.3 Å². The third kappa shape index (κ3) is 6.95. The van der Waals surface area contributed by atoms with E-state index in [0.29, 0.717) is 24.0 Å². The van der Waals surface area contributed by atoms with Gasteiger partial charge < -0.3 is 20.3 Å². The van der Waals surface area contributed by atoms with Crippen molar-refractivity contribution < 1.29 is 14.9 Å². The Hall–Kier alpha value is -3.45. The monoisotopic (exact) mass is 590 g/mol. The molecule has 0 bridgehead atoms. The van der Waals surface area contributed by atoms with Crippen molar-refractivity contribution in [2.75, 3.05) is 31.6 Å². The average Bonchev–Trinajstić information content (AvgIpc) is 3.65. The standard InChI is InChI=1S/C30H38N8O3S/c1-30(2,17-28-31-18-25(42-28)29-34-36-38(35-29)22-5-9-24(40)10-6-22)26-15-20(19-37-11-13-41-14-12-37)16-27(33-26)32-21-3-7-23(39)8-4-21/h5-6,9-10,15-16,18,21,23,39-40H,3-4,7-8,11-14,17,19H2,1-2H3,(H,32,33)/t21-,23-. The third-order valence-electron chi connectivity index (χ3n) is 8.00. The Bertz CT molecular complexity index is 1470. The second-order valence-electron chi connectivity index (χ2n) is 11.9. The molecule has 0 amide bonds. The van der Waals surface area contributed by atoms with Gasteiger partial charge in [0, 0.05) is 49.4 Å². The van der Waals surface area contributed by atoms with Crippen molar-refractivity contribution in [3.63, 3.8) is 0 Å². The van der Waals surface area contributed by atoms with Crippen LogP contribution < -0.4 is 5.32 Å². The molecular weight excluding hydrogens is 552 g/mol. The molecule has 42 heavy (non-hydrogen) atoms. The SMILES string of the molecule is CC(C)(Cc1ncc(-c2nnn(-c3ccc(O)cc3)n2)s1)c1cc(CN2CCOCC2)cc(N[C@H]2CC[C@H](O)CC2)n1. The number of anilines is 1. The maximum atomic E-state index is 9.96. The summed E-state index contributed by atoms with van der Waals surface area (Å²) in [4.78, 5) is 14.6. The van der Waals surface area contributed by atoms with E-state index < -0.39 is 0 Å². The molecule has 11 nitrogen and oxygen atoms in total. The quantitative estimate of drug-likeness (QED) is 0.263. The maximum absolute atomic E-state index is 9.96. The van der Waals surface area contributed by atoms with Crippen LogP contribution in [0.15, 0.2) is 42.6 Å². The zero-order valence-corrected chi connectivity index (χ0v) is 24.9. The number of tetrazole rings is 1. The lowest BCUT2D eigenvalue weighted by Gasteiger charge is -2.30. The number of phenols is 1. The van der Waals surface area contributed by atoms with Crippen LogP contribution in [0.25, 0.3) is 16.4 Å². The van der Waals surface area contributed by atoms with Crippen molar-refractivity contribution >= 4 is 17.2 Å². The number of benzene rings is 1. The molecule has 0 atom stereocenters. The Balaban J connectivity index is 1.20. The van der Waals surface area contributed by atoms with E-state index in [-0.39, 0.29) is 17.3 Å². The number of nitrogens with one attached hydrogen (secondary N) is 1. The number of morpholine rings is 1. The maximum Gasteiger partial charge on any atom is 0.216 e. The van der Waals surface area contributed by atoms with Crippen molar-refractivity contribution in [3.05, 3.63) is 58.9 Å². The van der Waals surface area contributed by atoms with Gasteiger partial charge in [0.25, 0.3) is 0 Å². The first-order chi connectivity index (χ1) is 20.3. The van der Waals surface area contributed by atoms with Gasteiger partial charge in [0.1, 0.15) is 11.6 Å². The van der Waals surface area contributed by atoms with Gasteiger partial charge in [-0.3, -0.25) is 4.90 Å². The number of pyridine rings is 1. The van der Waals surface area contributed by atoms with E-state index in [4.69, 9.17) is 14.7 Å². The summed E-state index contributed by atoms with van der Waals surface area (Å²) in [5, 5.41) is 37.1. The first-order valence-corrected chi connectivity index (χ1v) is 15.4. The van der Waals surface area contributed by atoms with E-state index >= 15 is 0 Å². The Morgan fingerprint density at radius 2 is 1.83 bits per heavy atom. The van der Waals surface area contributed by atoms with Gasteiger partial charge in [-0.25, -0.2) is 9.97 Å². The molecule has 4 aromatic rings. The Kier molecular flexibility index (Phi) is 8.48. The second-order valence-corrected chi connectivity index (χ2v) is 13.0. The summed E-state index contributed by atoms with van der Waals surface area (Å²) in [6.45, 7) is 8.68. The molecule has 0 radical (unpaired) electrons. The molecule has 2 aliphatic rings. The van der Waals surface area contributed by atoms with Crippen LogP contribution in [0.4, 0.5) is 5.82 Å². The summed E-state index contributed by atoms with van der Waals surface area (Å²) in [5.41, 5.74) is 2.71. The molecule has 1 aliphatic carbocycles. The van der Waals surface area contributed by atoms with Gasteiger partial charge in [0.15, 0.2) is 0 Å². The Morgan fingerprint density at radius 3 is 2.60 bits per heavy atom. The fourth-order valence-corrected chi connectivity index (χ4v) is 6.59. The van der Waals surface area contributed by atoms with E-state index in [2.05, 4.69) is 51.6 Å². The Labute approximate surface area is 249 Å². The van der Waals surface area contributed by atoms with Crippen molar-refractivity contribution in [2.45, 2.75) is 70.1 Å². The van der Waals surface area contributed by atoms with E-state index in [1.165, 1.54) is 10.4 Å². The van der Waals surface area contributed by atoms with Crippen LogP contribution in [0.2, 0.25) is 0 Å². The lowest BCUT2D eigenvalue weighted by atomic mass is 9.84. The summed E-state index contributed by atoms with van der Waals surface area (Å²) in [5.74, 6) is 1.60. The van der Waals surface area contributed by atoms with Crippen molar-refractivity contribution in [1.82, 2.24) is 35.1 Å². The van der Waals surface area contributed by atoms with Crippen molar-refractivity contribution in [1.29, 1.82) is 0 Å². The largest absolute Gasteiger partial charge is 0.508 e. The molecule has 6 rings (SSSR count). The summed E-state index contributed by atoms with van der Waals surface area (Å²) < 4.78 is 5.56. The van der Waals surface area contributed by atoms with Crippen LogP contribution in [0.3, 0.4) is 0 Å². The van der Waals surface area contributed by atoms with Gasteiger partial charge in [-0.15, -0.1) is 26.3 Å². The van der Waals surface area contributed by atoms with Crippen molar-refractivity contribution in [3.8, 4) is 22.1 Å². The number of phenolic OH excluding ortho intramolecular Hbond substituents is 1. The molecule has 222 valence electrons. The molecule has 1 aromatic carbocycles. The lowest BCUT2D eigenvalue weighted by molar-refractivity contribution is 0.0341. The first-order valence-electron chi connectivity index (χ1n) is 14.6. The molecule has 3 N–H and O–H groups in total. The fraction of sp³-hybridized carbons (Fsp3) is 0.500. The van der Waals surface area contributed by atoms with Gasteiger partial charge in [-0.05, 0) is 72.9 Å². The van der Waals surface area contributed by atoms with E-state index in [1.807, 2.05) is 0 Å². The highest BCUT2D eigenvalue weighted by molar-refractivity contribution is 7.15. The first kappa shape index (κ1) is 28.7. The summed E-state index contributed by atoms with van der Waals surface area (Å²) in [7, 11) is 0. The van der Waals surface area contributed by atoms with E-state index in [0.717, 1.165) is 79.9 Å². The highest BCUT2D eigenvalue weighted by Gasteiger charge is 2.27. The molecule has 1 saturated carbocycles. The highest BCUT2D eigenvalue weighted by atomic mass is 32.1. The third-order valence-corrected chi connectivity index (χ3v) is 8.99. The molecule has 1 aliphatic heterocycles. The zero-order chi connectivity index (χ0) is 29.1. The molecule has 1 saturated heterocycles. The van der Waals surface area contributed by atoms with E-state index in [1.54, 1.807) is 41.8 Å². The molecule has 4 heterocycles. The van der Waals surface area contributed by atoms with Crippen LogP contribution in [-0.2, 0) is 23.1 Å². The van der Waals surface area contributed by atoms with Gasteiger partial charge in [0.05, 0.1) is 34.9 Å². The second kappa shape index (κ2) is 12.4. The topological polar surface area (TPSA) is 134 Å². The highest BCUT2D eigenvalue weighted by Crippen LogP contribution is 2.33. The number of hydrogen-bond acceptors (Lipinski definition) is 11. The number of nitrogens with zero attached hydrogens (tertiary/aromatic N) is 7. The number of aromatic nitrogens is 6. The molecule has 0 unspecified atom stereocenters. The van der Waals surface area contributed by atoms with Crippen LogP contribution in [0.5, 0.6) is 5.75 Å². The number of aliphatic hydroxyl groups excluding tert-OH is 1.